The van der Waals surface area contributed by atoms with E-state index in [-0.39, 0.29) is 5.91 Å². The molecule has 0 aliphatic heterocycles. The molecule has 0 aromatic heterocycles. The SMILES string of the molecule is O=C(NC(CC12CC3CC(CC(C3)C1)C2)=Nc1ccccc1)c1ccccc1. The molecule has 3 heteroatoms. The molecule has 4 saturated carbocycles. The van der Waals surface area contributed by atoms with Gasteiger partial charge in [-0.05, 0) is 86.0 Å². The highest BCUT2D eigenvalue weighted by Gasteiger charge is 2.51. The summed E-state index contributed by atoms with van der Waals surface area (Å²) in [6.45, 7) is 0. The van der Waals surface area contributed by atoms with Gasteiger partial charge in [-0.25, -0.2) is 4.99 Å². The number of amidine groups is 1. The van der Waals surface area contributed by atoms with Gasteiger partial charge < -0.3 is 5.32 Å². The molecule has 4 aliphatic rings. The minimum Gasteiger partial charge on any atom is -0.310 e. The first-order chi connectivity index (χ1) is 13.7. The second kappa shape index (κ2) is 7.20. The number of nitrogens with one attached hydrogen (secondary N) is 1. The Morgan fingerprint density at radius 1 is 0.857 bits per heavy atom. The van der Waals surface area contributed by atoms with Crippen LogP contribution >= 0.6 is 0 Å². The van der Waals surface area contributed by atoms with E-state index in [0.29, 0.717) is 11.0 Å². The van der Waals surface area contributed by atoms with Crippen LogP contribution in [0.3, 0.4) is 0 Å². The Hall–Kier alpha value is -2.42. The minimum atomic E-state index is -0.0555. The summed E-state index contributed by atoms with van der Waals surface area (Å²) < 4.78 is 0. The van der Waals surface area contributed by atoms with Gasteiger partial charge in [-0.1, -0.05) is 36.4 Å². The van der Waals surface area contributed by atoms with Crippen molar-refractivity contribution < 1.29 is 4.79 Å². The molecular formula is C25H28N2O. The van der Waals surface area contributed by atoms with Gasteiger partial charge in [0.05, 0.1) is 5.69 Å². The number of carbonyl (C=O) groups is 1. The number of hydrogen-bond donors (Lipinski definition) is 1. The molecule has 2 aromatic carbocycles. The maximum atomic E-state index is 12.8. The fraction of sp³-hybridized carbons (Fsp3) is 0.440. The molecule has 0 atom stereocenters. The molecular weight excluding hydrogens is 344 g/mol. The zero-order valence-electron chi connectivity index (χ0n) is 16.3. The fourth-order valence-corrected chi connectivity index (χ4v) is 6.42. The number of carbonyl (C=O) groups excluding carboxylic acids is 1. The van der Waals surface area contributed by atoms with E-state index in [0.717, 1.165) is 35.7 Å². The number of benzene rings is 2. The summed E-state index contributed by atoms with van der Waals surface area (Å²) in [7, 11) is 0. The number of amides is 1. The highest BCUT2D eigenvalue weighted by Crippen LogP contribution is 2.61. The first-order valence-electron chi connectivity index (χ1n) is 10.7. The monoisotopic (exact) mass is 372 g/mol. The number of rotatable bonds is 4. The van der Waals surface area contributed by atoms with E-state index in [2.05, 4.69) is 5.32 Å². The summed E-state index contributed by atoms with van der Waals surface area (Å²) in [5, 5.41) is 3.17. The molecule has 1 amide bonds. The molecule has 0 heterocycles. The van der Waals surface area contributed by atoms with Crippen LogP contribution in [0, 0.1) is 23.2 Å². The lowest BCUT2D eigenvalue weighted by Crippen LogP contribution is -2.48. The van der Waals surface area contributed by atoms with E-state index in [4.69, 9.17) is 4.99 Å². The maximum absolute atomic E-state index is 12.8. The van der Waals surface area contributed by atoms with Gasteiger partial charge in [-0.3, -0.25) is 4.79 Å². The van der Waals surface area contributed by atoms with Crippen molar-refractivity contribution in [3.05, 3.63) is 66.2 Å². The molecule has 2 aromatic rings. The van der Waals surface area contributed by atoms with E-state index in [1.54, 1.807) is 0 Å². The smallest absolute Gasteiger partial charge is 0.256 e. The van der Waals surface area contributed by atoms with Crippen LogP contribution in [0.15, 0.2) is 65.7 Å². The van der Waals surface area contributed by atoms with Crippen molar-refractivity contribution >= 4 is 17.4 Å². The third-order valence-corrected chi connectivity index (χ3v) is 7.02. The topological polar surface area (TPSA) is 41.5 Å². The lowest BCUT2D eigenvalue weighted by molar-refractivity contribution is -0.0484. The Morgan fingerprint density at radius 2 is 1.39 bits per heavy atom. The summed E-state index contributed by atoms with van der Waals surface area (Å²) >= 11 is 0. The van der Waals surface area contributed by atoms with Crippen molar-refractivity contribution in [2.45, 2.75) is 44.9 Å². The van der Waals surface area contributed by atoms with Gasteiger partial charge in [-0.15, -0.1) is 0 Å². The molecule has 4 aliphatic carbocycles. The zero-order valence-corrected chi connectivity index (χ0v) is 16.3. The highest BCUT2D eigenvalue weighted by molar-refractivity contribution is 6.07. The average molecular weight is 373 g/mol. The van der Waals surface area contributed by atoms with Gasteiger partial charge in [0.1, 0.15) is 5.84 Å². The molecule has 6 rings (SSSR count). The molecule has 3 nitrogen and oxygen atoms in total. The second-order valence-electron chi connectivity index (χ2n) is 9.31. The Labute approximate surface area is 167 Å². The zero-order chi connectivity index (χ0) is 19.0. The maximum Gasteiger partial charge on any atom is 0.256 e. The second-order valence-corrected chi connectivity index (χ2v) is 9.31. The van der Waals surface area contributed by atoms with Crippen molar-refractivity contribution in [1.29, 1.82) is 0 Å². The first kappa shape index (κ1) is 17.7. The summed E-state index contributed by atoms with van der Waals surface area (Å²) in [4.78, 5) is 17.7. The Morgan fingerprint density at radius 3 is 1.96 bits per heavy atom. The van der Waals surface area contributed by atoms with E-state index in [1.165, 1.54) is 38.5 Å². The quantitative estimate of drug-likeness (QED) is 0.538. The molecule has 0 saturated heterocycles. The van der Waals surface area contributed by atoms with Gasteiger partial charge in [0, 0.05) is 12.0 Å². The number of hydrogen-bond acceptors (Lipinski definition) is 2. The molecule has 144 valence electrons. The van der Waals surface area contributed by atoms with Gasteiger partial charge in [0.2, 0.25) is 0 Å². The highest BCUT2D eigenvalue weighted by atomic mass is 16.1. The van der Waals surface area contributed by atoms with Crippen molar-refractivity contribution in [2.75, 3.05) is 0 Å². The molecule has 4 bridgehead atoms. The Bertz CT molecular complexity index is 837. The summed E-state index contributed by atoms with van der Waals surface area (Å²) in [6.07, 6.45) is 9.13. The first-order valence-corrected chi connectivity index (χ1v) is 10.7. The van der Waals surface area contributed by atoms with Crippen LogP contribution in [0.4, 0.5) is 5.69 Å². The van der Waals surface area contributed by atoms with Crippen LogP contribution in [-0.4, -0.2) is 11.7 Å². The Kier molecular flexibility index (Phi) is 4.54. The summed E-state index contributed by atoms with van der Waals surface area (Å²) in [5.41, 5.74) is 1.94. The normalized spacial score (nSPS) is 31.0. The van der Waals surface area contributed by atoms with Crippen molar-refractivity contribution in [3.63, 3.8) is 0 Å². The number of nitrogens with zero attached hydrogens (tertiary/aromatic N) is 1. The van der Waals surface area contributed by atoms with Crippen LogP contribution < -0.4 is 5.32 Å². The molecule has 0 spiro atoms. The van der Waals surface area contributed by atoms with E-state index in [1.807, 2.05) is 60.7 Å². The largest absolute Gasteiger partial charge is 0.310 e. The third-order valence-electron chi connectivity index (χ3n) is 7.02. The minimum absolute atomic E-state index is 0.0555. The van der Waals surface area contributed by atoms with Crippen LogP contribution in [0.1, 0.15) is 55.3 Å². The van der Waals surface area contributed by atoms with Crippen LogP contribution in [0.2, 0.25) is 0 Å². The van der Waals surface area contributed by atoms with Crippen molar-refractivity contribution in [3.8, 4) is 0 Å². The lowest BCUT2D eigenvalue weighted by Gasteiger charge is -2.57. The van der Waals surface area contributed by atoms with Crippen molar-refractivity contribution in [2.24, 2.45) is 28.2 Å². The van der Waals surface area contributed by atoms with E-state index >= 15 is 0 Å². The van der Waals surface area contributed by atoms with E-state index < -0.39 is 0 Å². The van der Waals surface area contributed by atoms with Gasteiger partial charge in [-0.2, -0.15) is 0 Å². The summed E-state index contributed by atoms with van der Waals surface area (Å²) in [6, 6.07) is 19.5. The molecule has 4 fully saturated rings. The van der Waals surface area contributed by atoms with Crippen LogP contribution in [0.5, 0.6) is 0 Å². The predicted octanol–water partition coefficient (Wildman–Crippen LogP) is 5.75. The Balaban J connectivity index is 1.41. The van der Waals surface area contributed by atoms with Crippen LogP contribution in [-0.2, 0) is 0 Å². The fourth-order valence-electron chi connectivity index (χ4n) is 6.42. The van der Waals surface area contributed by atoms with Crippen LogP contribution in [0.25, 0.3) is 0 Å². The van der Waals surface area contributed by atoms with Crippen molar-refractivity contribution in [1.82, 2.24) is 5.32 Å². The number of aliphatic imine (C=N–C) groups is 1. The predicted molar refractivity (Wildman–Crippen MR) is 113 cm³/mol. The molecule has 0 unspecified atom stereocenters. The molecule has 1 N–H and O–H groups in total. The lowest BCUT2D eigenvalue weighted by atomic mass is 9.49. The number of para-hydroxylation sites is 1. The van der Waals surface area contributed by atoms with E-state index in [9.17, 15) is 4.79 Å². The molecule has 0 radical (unpaired) electrons. The summed E-state index contributed by atoms with van der Waals surface area (Å²) in [5.74, 6) is 3.47. The van der Waals surface area contributed by atoms with Gasteiger partial charge >= 0.3 is 0 Å². The van der Waals surface area contributed by atoms with Gasteiger partial charge in [0.15, 0.2) is 0 Å². The average Bonchev–Trinajstić information content (AvgIpc) is 2.68. The molecule has 28 heavy (non-hydrogen) atoms. The third kappa shape index (κ3) is 3.63. The standard InChI is InChI=1S/C25H28N2O/c28-24(21-7-3-1-4-8-21)27-23(26-22-9-5-2-6-10-22)17-25-14-18-11-19(15-25)13-20(12-18)16-25/h1-10,18-20H,11-17H2,(H,26,27,28). The van der Waals surface area contributed by atoms with Gasteiger partial charge in [0.25, 0.3) is 5.91 Å².